The van der Waals surface area contributed by atoms with E-state index in [0.717, 1.165) is 24.2 Å². The molecule has 1 amide bonds. The third-order valence-corrected chi connectivity index (χ3v) is 5.19. The van der Waals surface area contributed by atoms with E-state index in [2.05, 4.69) is 22.3 Å². The smallest absolute Gasteiger partial charge is 0.242 e. The number of amides is 1. The maximum atomic E-state index is 13.1. The molecule has 4 rings (SSSR count). The summed E-state index contributed by atoms with van der Waals surface area (Å²) in [6, 6.07) is 16.2. The third-order valence-electron chi connectivity index (χ3n) is 4.24. The van der Waals surface area contributed by atoms with Gasteiger partial charge in [0.05, 0.1) is 17.1 Å². The van der Waals surface area contributed by atoms with Crippen molar-refractivity contribution in [3.05, 3.63) is 66.0 Å². The lowest BCUT2D eigenvalue weighted by atomic mass is 10.0. The van der Waals surface area contributed by atoms with Crippen LogP contribution in [0.15, 0.2) is 60.0 Å². The Morgan fingerprint density at radius 2 is 1.64 bits per heavy atom. The van der Waals surface area contributed by atoms with Crippen molar-refractivity contribution in [3.8, 4) is 0 Å². The van der Waals surface area contributed by atoms with Gasteiger partial charge in [0.2, 0.25) is 11.1 Å². The van der Waals surface area contributed by atoms with Crippen LogP contribution in [-0.4, -0.2) is 26.5 Å². The zero-order chi connectivity index (χ0) is 17.2. The number of nitrogens with two attached hydrogens (primary N) is 1. The summed E-state index contributed by atoms with van der Waals surface area (Å²) in [6.45, 7) is 0. The Morgan fingerprint density at radius 3 is 2.20 bits per heavy atom. The lowest BCUT2D eigenvalue weighted by Crippen LogP contribution is -2.28. The first-order valence-corrected chi connectivity index (χ1v) is 8.99. The average Bonchev–Trinajstić information content (AvgIpc) is 2.97. The summed E-state index contributed by atoms with van der Waals surface area (Å²) in [5.74, 6) is 5.96. The summed E-state index contributed by atoms with van der Waals surface area (Å²) in [5.41, 5.74) is 4.26. The molecule has 0 bridgehead atoms. The first-order valence-electron chi connectivity index (χ1n) is 8.00. The summed E-state index contributed by atoms with van der Waals surface area (Å²) in [5, 5.41) is 8.18. The maximum Gasteiger partial charge on any atom is 0.242 e. The van der Waals surface area contributed by atoms with Crippen molar-refractivity contribution in [1.82, 2.24) is 14.9 Å². The second kappa shape index (κ2) is 6.60. The second-order valence-electron chi connectivity index (χ2n) is 5.80. The topological polar surface area (TPSA) is 77.0 Å². The van der Waals surface area contributed by atoms with Gasteiger partial charge in [-0.15, -0.1) is 10.2 Å². The summed E-state index contributed by atoms with van der Waals surface area (Å²) in [7, 11) is 0. The molecule has 7 heteroatoms. The van der Waals surface area contributed by atoms with Gasteiger partial charge >= 0.3 is 0 Å². The number of carbonyl (C=O) groups excluding carboxylic acids is 1. The number of hydrogen-bond acceptors (Lipinski definition) is 5. The van der Waals surface area contributed by atoms with Crippen LogP contribution in [0.5, 0.6) is 0 Å². The molecule has 0 aliphatic carbocycles. The monoisotopic (exact) mass is 351 g/mol. The zero-order valence-electron chi connectivity index (χ0n) is 13.5. The molecular weight excluding hydrogens is 334 g/mol. The van der Waals surface area contributed by atoms with Crippen LogP contribution in [0.4, 0.5) is 11.4 Å². The normalized spacial score (nSPS) is 13.0. The molecule has 0 saturated heterocycles. The minimum Gasteiger partial charge on any atom is -0.336 e. The number of nitrogen functional groups attached to an aromatic ring is 1. The van der Waals surface area contributed by atoms with Crippen LogP contribution in [0.3, 0.4) is 0 Å². The summed E-state index contributed by atoms with van der Waals surface area (Å²) in [4.78, 5) is 14.9. The lowest BCUT2D eigenvalue weighted by molar-refractivity contribution is -0.115. The number of rotatable bonds is 3. The van der Waals surface area contributed by atoms with Crippen LogP contribution in [0.1, 0.15) is 11.1 Å². The van der Waals surface area contributed by atoms with Crippen molar-refractivity contribution in [2.75, 3.05) is 16.5 Å². The van der Waals surface area contributed by atoms with Gasteiger partial charge in [-0.25, -0.2) is 4.68 Å². The molecule has 0 atom stereocenters. The highest BCUT2D eigenvalue weighted by Crippen LogP contribution is 2.36. The van der Waals surface area contributed by atoms with Crippen LogP contribution in [0.2, 0.25) is 0 Å². The standard InChI is InChI=1S/C18H17N5OS/c19-22-12-20-21-18(22)25-11-17(24)23-15-7-3-1-5-13(15)9-10-14-6-2-4-8-16(14)23/h1-8,12H,9-11,19H2. The number of thioether (sulfide) groups is 1. The minimum atomic E-state index is -0.00481. The number of anilines is 2. The molecule has 2 N–H and O–H groups in total. The zero-order valence-corrected chi connectivity index (χ0v) is 14.3. The Labute approximate surface area is 149 Å². The van der Waals surface area contributed by atoms with Gasteiger partial charge in [0, 0.05) is 0 Å². The second-order valence-corrected chi connectivity index (χ2v) is 6.74. The van der Waals surface area contributed by atoms with Crippen molar-refractivity contribution in [2.24, 2.45) is 0 Å². The van der Waals surface area contributed by atoms with Crippen LogP contribution >= 0.6 is 11.8 Å². The van der Waals surface area contributed by atoms with Crippen molar-refractivity contribution in [3.63, 3.8) is 0 Å². The van der Waals surface area contributed by atoms with Gasteiger partial charge < -0.3 is 5.84 Å². The summed E-state index contributed by atoms with van der Waals surface area (Å²) < 4.78 is 1.32. The molecule has 6 nitrogen and oxygen atoms in total. The number of fused-ring (bicyclic) bond motifs is 2. The molecule has 0 fully saturated rings. The molecule has 0 radical (unpaired) electrons. The quantitative estimate of drug-likeness (QED) is 0.580. The van der Waals surface area contributed by atoms with Crippen molar-refractivity contribution in [2.45, 2.75) is 18.0 Å². The van der Waals surface area contributed by atoms with Crippen LogP contribution in [0.25, 0.3) is 0 Å². The third kappa shape index (κ3) is 2.98. The van der Waals surface area contributed by atoms with Crippen molar-refractivity contribution in [1.29, 1.82) is 0 Å². The summed E-state index contributed by atoms with van der Waals surface area (Å²) in [6.07, 6.45) is 3.26. The van der Waals surface area contributed by atoms with E-state index in [1.54, 1.807) is 0 Å². The number of aromatic nitrogens is 3. The van der Waals surface area contributed by atoms with Gasteiger partial charge in [0.15, 0.2) is 0 Å². The van der Waals surface area contributed by atoms with Gasteiger partial charge in [-0.2, -0.15) is 0 Å². The van der Waals surface area contributed by atoms with Gasteiger partial charge in [0.25, 0.3) is 0 Å². The van der Waals surface area contributed by atoms with Crippen LogP contribution in [-0.2, 0) is 17.6 Å². The first-order chi connectivity index (χ1) is 12.2. The van der Waals surface area contributed by atoms with Crippen LogP contribution in [0, 0.1) is 0 Å². The van der Waals surface area contributed by atoms with Gasteiger partial charge in [-0.05, 0) is 36.1 Å². The number of benzene rings is 2. The predicted octanol–water partition coefficient (Wildman–Crippen LogP) is 2.55. The van der Waals surface area contributed by atoms with E-state index in [4.69, 9.17) is 5.84 Å². The Bertz CT molecular complexity index is 876. The molecule has 126 valence electrons. The molecule has 0 saturated carbocycles. The van der Waals surface area contributed by atoms with E-state index in [1.165, 1.54) is 33.9 Å². The van der Waals surface area contributed by atoms with E-state index in [0.29, 0.717) is 5.16 Å². The van der Waals surface area contributed by atoms with E-state index in [1.807, 2.05) is 41.3 Å². The Balaban J connectivity index is 1.69. The van der Waals surface area contributed by atoms with Gasteiger partial charge in [-0.3, -0.25) is 9.69 Å². The van der Waals surface area contributed by atoms with E-state index in [-0.39, 0.29) is 11.7 Å². The maximum absolute atomic E-state index is 13.1. The highest BCUT2D eigenvalue weighted by Gasteiger charge is 2.25. The molecule has 3 aromatic rings. The Kier molecular flexibility index (Phi) is 4.15. The molecule has 2 heterocycles. The van der Waals surface area contributed by atoms with Gasteiger partial charge in [-0.1, -0.05) is 48.2 Å². The molecule has 0 unspecified atom stereocenters. The van der Waals surface area contributed by atoms with Crippen molar-refractivity contribution >= 4 is 29.0 Å². The van der Waals surface area contributed by atoms with E-state index in [9.17, 15) is 4.79 Å². The molecule has 1 aliphatic rings. The molecule has 2 aromatic carbocycles. The number of aryl methyl sites for hydroxylation is 2. The molecule has 1 aromatic heterocycles. The lowest BCUT2D eigenvalue weighted by Gasteiger charge is -2.24. The predicted molar refractivity (Wildman–Crippen MR) is 98.3 cm³/mol. The van der Waals surface area contributed by atoms with Gasteiger partial charge in [0.1, 0.15) is 6.33 Å². The molecule has 0 spiro atoms. The Hall–Kier alpha value is -2.80. The van der Waals surface area contributed by atoms with E-state index >= 15 is 0 Å². The SMILES string of the molecule is Nn1cnnc1SCC(=O)N1c2ccccc2CCc2ccccc21. The fraction of sp³-hybridized carbons (Fsp3) is 0.167. The fourth-order valence-corrected chi connectivity index (χ4v) is 3.76. The average molecular weight is 351 g/mol. The number of nitrogens with zero attached hydrogens (tertiary/aromatic N) is 4. The highest BCUT2D eigenvalue weighted by molar-refractivity contribution is 7.99. The molecular formula is C18H17N5OS. The Morgan fingerprint density at radius 1 is 1.04 bits per heavy atom. The highest BCUT2D eigenvalue weighted by atomic mass is 32.2. The molecule has 1 aliphatic heterocycles. The molecule has 25 heavy (non-hydrogen) atoms. The number of carbonyl (C=O) groups is 1. The van der Waals surface area contributed by atoms with E-state index < -0.39 is 0 Å². The van der Waals surface area contributed by atoms with Crippen LogP contribution < -0.4 is 10.7 Å². The fourth-order valence-electron chi connectivity index (χ4n) is 3.07. The van der Waals surface area contributed by atoms with Crippen molar-refractivity contribution < 1.29 is 4.79 Å². The number of hydrogen-bond donors (Lipinski definition) is 1. The largest absolute Gasteiger partial charge is 0.336 e. The minimum absolute atomic E-state index is 0.00481. The first kappa shape index (κ1) is 15.7. The number of para-hydroxylation sites is 2. The summed E-state index contributed by atoms with van der Waals surface area (Å²) >= 11 is 1.28.